The summed E-state index contributed by atoms with van der Waals surface area (Å²) < 4.78 is 22.9. The first-order valence-corrected chi connectivity index (χ1v) is 10.1. The quantitative estimate of drug-likeness (QED) is 0.348. The van der Waals surface area contributed by atoms with Gasteiger partial charge in [-0.3, -0.25) is 19.0 Å². The van der Waals surface area contributed by atoms with Gasteiger partial charge >= 0.3 is 5.97 Å². The summed E-state index contributed by atoms with van der Waals surface area (Å²) in [6, 6.07) is 12.0. The van der Waals surface area contributed by atoms with E-state index in [1.165, 1.54) is 6.33 Å². The number of nitrogens with zero attached hydrogens (tertiary/aromatic N) is 2. The van der Waals surface area contributed by atoms with Crippen LogP contribution in [0.1, 0.15) is 16.8 Å². The molecule has 0 radical (unpaired) electrons. The number of benzene rings is 2. The van der Waals surface area contributed by atoms with Gasteiger partial charge in [-0.05, 0) is 30.3 Å². The molecule has 0 unspecified atom stereocenters. The van der Waals surface area contributed by atoms with Crippen LogP contribution in [-0.2, 0) is 16.1 Å². The van der Waals surface area contributed by atoms with Crippen LogP contribution in [0.4, 0.5) is 0 Å². The fraction of sp³-hybridized carbons (Fsp3) is 0.217. The molecule has 0 bridgehead atoms. The molecule has 2 aromatic heterocycles. The van der Waals surface area contributed by atoms with E-state index in [0.29, 0.717) is 41.4 Å². The van der Waals surface area contributed by atoms with Crippen LogP contribution in [0.3, 0.4) is 0 Å². The van der Waals surface area contributed by atoms with Crippen molar-refractivity contribution in [2.75, 3.05) is 19.8 Å². The minimum atomic E-state index is -0.743. The molecule has 32 heavy (non-hydrogen) atoms. The lowest BCUT2D eigenvalue weighted by molar-refractivity contribution is -0.143. The largest absolute Gasteiger partial charge is 0.490 e. The van der Waals surface area contributed by atoms with Gasteiger partial charge < -0.3 is 18.6 Å². The maximum Gasteiger partial charge on any atom is 0.326 e. The monoisotopic (exact) mass is 434 g/mol. The maximum atomic E-state index is 12.7. The average Bonchev–Trinajstić information content (AvgIpc) is 3.02. The summed E-state index contributed by atoms with van der Waals surface area (Å²) in [7, 11) is 0. The third-order valence-electron chi connectivity index (χ3n) is 5.08. The van der Waals surface area contributed by atoms with Crippen LogP contribution in [-0.4, -0.2) is 41.1 Å². The molecule has 0 atom stereocenters. The Labute approximate surface area is 181 Å². The summed E-state index contributed by atoms with van der Waals surface area (Å²) in [6.07, 6.45) is 2.02. The Balaban J connectivity index is 1.27. The van der Waals surface area contributed by atoms with Crippen molar-refractivity contribution in [1.82, 2.24) is 9.55 Å². The van der Waals surface area contributed by atoms with Crippen LogP contribution in [0.5, 0.6) is 11.5 Å². The third-order valence-corrected chi connectivity index (χ3v) is 5.08. The molecule has 9 heteroatoms. The summed E-state index contributed by atoms with van der Waals surface area (Å²) in [5, 5.41) is 0.718. The molecular weight excluding hydrogens is 416 g/mol. The molecule has 0 saturated heterocycles. The maximum absolute atomic E-state index is 12.7. The standard InChI is InChI=1S/C23H18N2O7/c26-16(14-6-7-18-19(10-14)30-9-3-8-29-18)12-31-20(27)11-25-13-24-21-15-4-1-2-5-17(15)32-22(21)23(25)28/h1-2,4-7,10,13H,3,8-9,11-12H2. The Morgan fingerprint density at radius 3 is 2.75 bits per heavy atom. The van der Waals surface area contributed by atoms with Crippen molar-refractivity contribution in [3.05, 3.63) is 64.7 Å². The van der Waals surface area contributed by atoms with Crippen LogP contribution in [0, 0.1) is 0 Å². The topological polar surface area (TPSA) is 110 Å². The zero-order chi connectivity index (χ0) is 22.1. The van der Waals surface area contributed by atoms with E-state index in [0.717, 1.165) is 16.4 Å². The zero-order valence-corrected chi connectivity index (χ0v) is 16.9. The van der Waals surface area contributed by atoms with Crippen LogP contribution in [0.15, 0.2) is 58.0 Å². The van der Waals surface area contributed by atoms with Crippen molar-refractivity contribution < 1.29 is 28.2 Å². The van der Waals surface area contributed by atoms with Gasteiger partial charge in [0.25, 0.3) is 5.56 Å². The Bertz CT molecular complexity index is 1400. The summed E-state index contributed by atoms with van der Waals surface area (Å²) >= 11 is 0. The first-order chi connectivity index (χ1) is 15.6. The van der Waals surface area contributed by atoms with Crippen LogP contribution in [0.2, 0.25) is 0 Å². The highest BCUT2D eigenvalue weighted by molar-refractivity contribution is 6.01. The predicted molar refractivity (Wildman–Crippen MR) is 113 cm³/mol. The highest BCUT2D eigenvalue weighted by atomic mass is 16.5. The summed E-state index contributed by atoms with van der Waals surface area (Å²) in [5.41, 5.74) is 0.861. The SMILES string of the molecule is O=C(Cn1cnc2c(oc3ccccc32)c1=O)OCC(=O)c1ccc2c(c1)OCCCO2. The molecule has 9 nitrogen and oxygen atoms in total. The van der Waals surface area contributed by atoms with E-state index in [4.69, 9.17) is 18.6 Å². The number of aromatic nitrogens is 2. The number of hydrogen-bond donors (Lipinski definition) is 0. The Hall–Kier alpha value is -4.14. The van der Waals surface area contributed by atoms with E-state index >= 15 is 0 Å². The van der Waals surface area contributed by atoms with Crippen LogP contribution in [0.25, 0.3) is 22.1 Å². The van der Waals surface area contributed by atoms with Gasteiger partial charge in [-0.2, -0.15) is 0 Å². The fourth-order valence-electron chi connectivity index (χ4n) is 3.48. The fourth-order valence-corrected chi connectivity index (χ4v) is 3.48. The normalized spacial score (nSPS) is 13.1. The highest BCUT2D eigenvalue weighted by Gasteiger charge is 2.18. The third kappa shape index (κ3) is 3.68. The van der Waals surface area contributed by atoms with E-state index in [-0.39, 0.29) is 5.58 Å². The summed E-state index contributed by atoms with van der Waals surface area (Å²) in [4.78, 5) is 41.6. The number of furan rings is 1. The number of fused-ring (bicyclic) bond motifs is 4. The lowest BCUT2D eigenvalue weighted by atomic mass is 10.1. The Kier molecular flexibility index (Phi) is 5.06. The molecule has 3 heterocycles. The minimum Gasteiger partial charge on any atom is -0.490 e. The molecule has 0 fully saturated rings. The lowest BCUT2D eigenvalue weighted by Crippen LogP contribution is -2.26. The van der Waals surface area contributed by atoms with Gasteiger partial charge in [0.15, 0.2) is 23.9 Å². The molecule has 1 aliphatic heterocycles. The molecule has 5 rings (SSSR count). The van der Waals surface area contributed by atoms with E-state index in [1.807, 2.05) is 6.07 Å². The molecule has 0 aliphatic carbocycles. The molecule has 0 amide bonds. The van der Waals surface area contributed by atoms with Crippen LogP contribution < -0.4 is 15.0 Å². The highest BCUT2D eigenvalue weighted by Crippen LogP contribution is 2.30. The summed E-state index contributed by atoms with van der Waals surface area (Å²) in [5.74, 6) is -0.0837. The molecule has 0 spiro atoms. The number of para-hydroxylation sites is 1. The summed E-state index contributed by atoms with van der Waals surface area (Å²) in [6.45, 7) is 0.185. The molecule has 4 aromatic rings. The molecule has 1 aliphatic rings. The number of carbonyl (C=O) groups is 2. The number of rotatable bonds is 5. The van der Waals surface area contributed by atoms with Crippen molar-refractivity contribution in [2.24, 2.45) is 0 Å². The van der Waals surface area contributed by atoms with Gasteiger partial charge in [-0.1, -0.05) is 12.1 Å². The van der Waals surface area contributed by atoms with Crippen molar-refractivity contribution in [2.45, 2.75) is 13.0 Å². The van der Waals surface area contributed by atoms with E-state index in [1.54, 1.807) is 36.4 Å². The van der Waals surface area contributed by atoms with E-state index in [2.05, 4.69) is 4.98 Å². The van der Waals surface area contributed by atoms with Crippen molar-refractivity contribution in [3.63, 3.8) is 0 Å². The van der Waals surface area contributed by atoms with Gasteiger partial charge in [0.05, 0.1) is 19.5 Å². The van der Waals surface area contributed by atoms with E-state index in [9.17, 15) is 14.4 Å². The zero-order valence-electron chi connectivity index (χ0n) is 16.9. The second-order valence-corrected chi connectivity index (χ2v) is 7.25. The van der Waals surface area contributed by atoms with Gasteiger partial charge in [0, 0.05) is 17.4 Å². The molecule has 2 aromatic carbocycles. The number of Topliss-reactive ketones (excluding diaryl/α,β-unsaturated/α-hetero) is 1. The number of carbonyl (C=O) groups excluding carboxylic acids is 2. The molecule has 162 valence electrons. The second kappa shape index (κ2) is 8.18. The van der Waals surface area contributed by atoms with E-state index < -0.39 is 30.5 Å². The molecule has 0 N–H and O–H groups in total. The minimum absolute atomic E-state index is 0.0600. The van der Waals surface area contributed by atoms with Gasteiger partial charge in [-0.25, -0.2) is 4.98 Å². The molecule has 0 saturated carbocycles. The van der Waals surface area contributed by atoms with Gasteiger partial charge in [0.2, 0.25) is 5.58 Å². The number of ketones is 1. The first kappa shape index (κ1) is 19.8. The Morgan fingerprint density at radius 2 is 1.88 bits per heavy atom. The second-order valence-electron chi connectivity index (χ2n) is 7.25. The van der Waals surface area contributed by atoms with Gasteiger partial charge in [-0.15, -0.1) is 0 Å². The Morgan fingerprint density at radius 1 is 1.06 bits per heavy atom. The van der Waals surface area contributed by atoms with Crippen molar-refractivity contribution in [1.29, 1.82) is 0 Å². The first-order valence-electron chi connectivity index (χ1n) is 10.1. The lowest BCUT2D eigenvalue weighted by Gasteiger charge is -2.09. The predicted octanol–water partition coefficient (Wildman–Crippen LogP) is 2.73. The van der Waals surface area contributed by atoms with Gasteiger partial charge in [0.1, 0.15) is 17.6 Å². The number of ether oxygens (including phenoxy) is 3. The van der Waals surface area contributed by atoms with Crippen molar-refractivity contribution in [3.8, 4) is 11.5 Å². The average molecular weight is 434 g/mol. The van der Waals surface area contributed by atoms with Crippen molar-refractivity contribution >= 4 is 33.8 Å². The number of hydrogen-bond acceptors (Lipinski definition) is 8. The molecular formula is C23H18N2O7. The smallest absolute Gasteiger partial charge is 0.326 e. The number of esters is 1. The van der Waals surface area contributed by atoms with Crippen LogP contribution >= 0.6 is 0 Å².